The number of ether oxygens (including phenoxy) is 1. The van der Waals surface area contributed by atoms with Gasteiger partial charge >= 0.3 is 58.4 Å². The molecule has 2 aromatic rings. The standard InChI is InChI=1S/C13H9BClF4O.K/c15-10-5-6-12(16)9(7-10)8-20-13-4-2-1-3-11(13)14(17,18)19;/h1-7H,8H2;/q-1;+1. The molecule has 8 heteroatoms. The SMILES string of the molecule is Fc1ccc(Cl)cc1COc1ccccc1[B-](F)(F)F.[K+]. The van der Waals surface area contributed by atoms with Gasteiger partial charge in [0.05, 0.1) is 5.75 Å². The maximum atomic E-state index is 13.4. The second-order valence-electron chi connectivity index (χ2n) is 4.14. The Morgan fingerprint density at radius 2 is 1.71 bits per heavy atom. The van der Waals surface area contributed by atoms with Crippen LogP contribution in [0, 0.1) is 5.82 Å². The molecule has 0 saturated carbocycles. The summed E-state index contributed by atoms with van der Waals surface area (Å²) in [7, 11) is 0. The smallest absolute Gasteiger partial charge is 0.492 e. The maximum Gasteiger partial charge on any atom is 1.00 e. The van der Waals surface area contributed by atoms with E-state index in [9.17, 15) is 17.3 Å². The molecule has 0 aliphatic heterocycles. The minimum Gasteiger partial charge on any atom is -0.492 e. The van der Waals surface area contributed by atoms with Crippen molar-refractivity contribution in [2.75, 3.05) is 0 Å². The van der Waals surface area contributed by atoms with Crippen molar-refractivity contribution >= 4 is 24.0 Å². The largest absolute Gasteiger partial charge is 1.00 e. The van der Waals surface area contributed by atoms with Crippen LogP contribution < -0.4 is 61.6 Å². The van der Waals surface area contributed by atoms with Crippen LogP contribution in [0.1, 0.15) is 5.56 Å². The number of hydrogen-bond acceptors (Lipinski definition) is 1. The molecular formula is C13H9BClF4KO. The molecule has 0 heterocycles. The molecule has 0 aromatic heterocycles. The fraction of sp³-hybridized carbons (Fsp3) is 0.0769. The van der Waals surface area contributed by atoms with E-state index in [1.165, 1.54) is 30.3 Å². The third-order valence-corrected chi connectivity index (χ3v) is 2.90. The predicted octanol–water partition coefficient (Wildman–Crippen LogP) is 1.12. The van der Waals surface area contributed by atoms with E-state index in [4.69, 9.17) is 16.3 Å². The number of rotatable bonds is 4. The summed E-state index contributed by atoms with van der Waals surface area (Å²) in [6.45, 7) is -5.51. The maximum absolute atomic E-state index is 13.4. The summed E-state index contributed by atoms with van der Waals surface area (Å²) in [6, 6.07) is 8.65. The van der Waals surface area contributed by atoms with Crippen LogP contribution in [0.4, 0.5) is 17.3 Å². The van der Waals surface area contributed by atoms with Crippen molar-refractivity contribution in [2.24, 2.45) is 0 Å². The van der Waals surface area contributed by atoms with E-state index >= 15 is 0 Å². The van der Waals surface area contributed by atoms with Crippen LogP contribution in [0.3, 0.4) is 0 Å². The summed E-state index contributed by atoms with van der Waals surface area (Å²) in [5, 5.41) is 0.290. The third kappa shape index (κ3) is 5.26. The molecule has 0 spiro atoms. The molecular weight excluding hydrogens is 333 g/mol. The summed E-state index contributed by atoms with van der Waals surface area (Å²) in [4.78, 5) is 0. The molecule has 0 fully saturated rings. The Balaban J connectivity index is 0.00000220. The van der Waals surface area contributed by atoms with Gasteiger partial charge < -0.3 is 17.7 Å². The average Bonchev–Trinajstić information content (AvgIpc) is 2.39. The summed E-state index contributed by atoms with van der Waals surface area (Å²) < 4.78 is 56.9. The van der Waals surface area contributed by atoms with E-state index < -0.39 is 18.3 Å². The first-order chi connectivity index (χ1) is 9.38. The molecule has 0 radical (unpaired) electrons. The topological polar surface area (TPSA) is 9.23 Å². The van der Waals surface area contributed by atoms with Crippen molar-refractivity contribution in [1.29, 1.82) is 0 Å². The van der Waals surface area contributed by atoms with Gasteiger partial charge in [-0.25, -0.2) is 4.39 Å². The zero-order chi connectivity index (χ0) is 14.8. The van der Waals surface area contributed by atoms with Gasteiger partial charge in [-0.1, -0.05) is 35.3 Å². The van der Waals surface area contributed by atoms with Crippen LogP contribution >= 0.6 is 11.6 Å². The molecule has 0 N–H and O–H groups in total. The summed E-state index contributed by atoms with van der Waals surface area (Å²) >= 11 is 5.70. The van der Waals surface area contributed by atoms with E-state index in [1.807, 2.05) is 0 Å². The van der Waals surface area contributed by atoms with Gasteiger partial charge in [0, 0.05) is 10.6 Å². The monoisotopic (exact) mass is 342 g/mol. The third-order valence-electron chi connectivity index (χ3n) is 2.66. The van der Waals surface area contributed by atoms with E-state index in [1.54, 1.807) is 0 Å². The molecule has 0 saturated heterocycles. The Kier molecular flexibility index (Phi) is 7.23. The Labute approximate surface area is 167 Å². The van der Waals surface area contributed by atoms with Crippen LogP contribution in [0.5, 0.6) is 5.75 Å². The van der Waals surface area contributed by atoms with Gasteiger partial charge in [0.25, 0.3) is 0 Å². The van der Waals surface area contributed by atoms with Crippen LogP contribution in [0.25, 0.3) is 0 Å². The van der Waals surface area contributed by atoms with E-state index in [0.29, 0.717) is 5.02 Å². The van der Waals surface area contributed by atoms with Crippen molar-refractivity contribution in [3.05, 3.63) is 58.9 Å². The zero-order valence-corrected chi connectivity index (χ0v) is 15.0. The normalized spacial score (nSPS) is 10.9. The first-order valence-corrected chi connectivity index (χ1v) is 6.11. The predicted molar refractivity (Wildman–Crippen MR) is 70.9 cm³/mol. The van der Waals surface area contributed by atoms with Gasteiger partial charge in [-0.2, -0.15) is 0 Å². The van der Waals surface area contributed by atoms with E-state index in [2.05, 4.69) is 0 Å². The fourth-order valence-electron chi connectivity index (χ4n) is 1.69. The van der Waals surface area contributed by atoms with Crippen LogP contribution in [0.15, 0.2) is 42.5 Å². The summed E-state index contributed by atoms with van der Waals surface area (Å²) in [5.41, 5.74) is -0.739. The molecule has 2 rings (SSSR count). The first-order valence-electron chi connectivity index (χ1n) is 5.73. The van der Waals surface area contributed by atoms with E-state index in [0.717, 1.165) is 12.1 Å². The minimum atomic E-state index is -5.18. The summed E-state index contributed by atoms with van der Waals surface area (Å²) in [5.74, 6) is -0.899. The number of benzene rings is 2. The molecule has 0 atom stereocenters. The molecule has 1 nitrogen and oxygen atoms in total. The molecule has 0 bridgehead atoms. The van der Waals surface area contributed by atoms with Crippen molar-refractivity contribution in [1.82, 2.24) is 0 Å². The molecule has 106 valence electrons. The van der Waals surface area contributed by atoms with Crippen molar-refractivity contribution < 1.29 is 73.5 Å². The summed E-state index contributed by atoms with van der Waals surface area (Å²) in [6.07, 6.45) is 0. The van der Waals surface area contributed by atoms with Crippen LogP contribution in [-0.4, -0.2) is 6.98 Å². The first kappa shape index (κ1) is 19.0. The Hall–Kier alpha value is -0.0487. The van der Waals surface area contributed by atoms with Gasteiger partial charge in [-0.05, 0) is 24.3 Å². The molecule has 21 heavy (non-hydrogen) atoms. The van der Waals surface area contributed by atoms with Gasteiger partial charge in [0.2, 0.25) is 0 Å². The molecule has 2 aromatic carbocycles. The molecule has 0 aliphatic carbocycles. The second kappa shape index (κ2) is 7.99. The molecule has 0 aliphatic rings. The van der Waals surface area contributed by atoms with Crippen LogP contribution in [0.2, 0.25) is 5.02 Å². The van der Waals surface area contributed by atoms with Crippen LogP contribution in [-0.2, 0) is 6.61 Å². The van der Waals surface area contributed by atoms with Gasteiger partial charge in [0.1, 0.15) is 12.4 Å². The van der Waals surface area contributed by atoms with Gasteiger partial charge in [-0.15, -0.1) is 0 Å². The minimum absolute atomic E-state index is 0. The number of hydrogen-bond donors (Lipinski definition) is 0. The molecule has 0 amide bonds. The number of para-hydroxylation sites is 1. The second-order valence-corrected chi connectivity index (χ2v) is 4.57. The van der Waals surface area contributed by atoms with Crippen molar-refractivity contribution in [2.45, 2.75) is 6.61 Å². The Morgan fingerprint density at radius 3 is 2.38 bits per heavy atom. The molecule has 0 unspecified atom stereocenters. The van der Waals surface area contributed by atoms with E-state index in [-0.39, 0.29) is 69.3 Å². The Bertz CT molecular complexity index is 621. The van der Waals surface area contributed by atoms with Crippen molar-refractivity contribution in [3.8, 4) is 5.75 Å². The zero-order valence-electron chi connectivity index (χ0n) is 11.1. The Morgan fingerprint density at radius 1 is 1.05 bits per heavy atom. The van der Waals surface area contributed by atoms with Gasteiger partial charge in [0.15, 0.2) is 0 Å². The van der Waals surface area contributed by atoms with Gasteiger partial charge in [-0.3, -0.25) is 0 Å². The van der Waals surface area contributed by atoms with Crippen molar-refractivity contribution in [3.63, 3.8) is 0 Å². The average molecular weight is 343 g/mol. The fourth-order valence-corrected chi connectivity index (χ4v) is 1.89. The quantitative estimate of drug-likeness (QED) is 0.598. The number of halogens is 5.